The highest BCUT2D eigenvalue weighted by molar-refractivity contribution is 5.24. The van der Waals surface area contributed by atoms with Crippen molar-refractivity contribution in [3.63, 3.8) is 0 Å². The second-order valence-electron chi connectivity index (χ2n) is 4.38. The van der Waals surface area contributed by atoms with Gasteiger partial charge in [-0.05, 0) is 25.3 Å². The zero-order chi connectivity index (χ0) is 11.8. The first-order valence-electron chi connectivity index (χ1n) is 6.15. The second kappa shape index (κ2) is 7.24. The molecule has 0 aromatic rings. The number of hydrogen-bond acceptors (Lipinski definition) is 1. The molecule has 1 atom stereocenters. The SMILES string of the molecule is C=C(/C=C\CCC)CNC1C=CC(C)=CC1. The molecule has 0 aromatic carbocycles. The van der Waals surface area contributed by atoms with E-state index in [-0.39, 0.29) is 0 Å². The van der Waals surface area contributed by atoms with Gasteiger partial charge in [-0.3, -0.25) is 0 Å². The summed E-state index contributed by atoms with van der Waals surface area (Å²) in [6.07, 6.45) is 14.4. The van der Waals surface area contributed by atoms with E-state index in [1.165, 1.54) is 12.0 Å². The zero-order valence-corrected chi connectivity index (χ0v) is 10.5. The van der Waals surface area contributed by atoms with E-state index in [2.05, 4.69) is 56.1 Å². The summed E-state index contributed by atoms with van der Waals surface area (Å²) in [5, 5.41) is 3.49. The van der Waals surface area contributed by atoms with Gasteiger partial charge in [0.1, 0.15) is 0 Å². The van der Waals surface area contributed by atoms with Crippen molar-refractivity contribution in [2.24, 2.45) is 0 Å². The van der Waals surface area contributed by atoms with Gasteiger partial charge in [0.25, 0.3) is 0 Å². The highest BCUT2D eigenvalue weighted by Gasteiger charge is 2.05. The number of allylic oxidation sites excluding steroid dienone is 3. The number of nitrogens with one attached hydrogen (secondary N) is 1. The highest BCUT2D eigenvalue weighted by atomic mass is 14.9. The molecule has 0 fully saturated rings. The predicted molar refractivity (Wildman–Crippen MR) is 72.5 cm³/mol. The third kappa shape index (κ3) is 5.13. The van der Waals surface area contributed by atoms with Gasteiger partial charge in [-0.25, -0.2) is 0 Å². The van der Waals surface area contributed by atoms with E-state index in [1.54, 1.807) is 0 Å². The molecule has 0 amide bonds. The van der Waals surface area contributed by atoms with Gasteiger partial charge in [0.2, 0.25) is 0 Å². The normalized spacial score (nSPS) is 20.1. The van der Waals surface area contributed by atoms with E-state index in [0.29, 0.717) is 6.04 Å². The monoisotopic (exact) mass is 217 g/mol. The molecule has 0 aromatic heterocycles. The predicted octanol–water partition coefficient (Wildman–Crippen LogP) is 3.76. The standard InChI is InChI=1S/C15H23N/c1-4-5-6-7-14(3)12-16-15-10-8-13(2)9-11-15/h6-10,15-16H,3-5,11-12H2,1-2H3/b7-6-. The molecule has 0 heterocycles. The molecule has 1 rings (SSSR count). The minimum absolute atomic E-state index is 0.472. The van der Waals surface area contributed by atoms with E-state index >= 15 is 0 Å². The Morgan fingerprint density at radius 3 is 3.06 bits per heavy atom. The Morgan fingerprint density at radius 1 is 1.62 bits per heavy atom. The highest BCUT2D eigenvalue weighted by Crippen LogP contribution is 2.09. The number of hydrogen-bond donors (Lipinski definition) is 1. The molecule has 0 aliphatic heterocycles. The van der Waals surface area contributed by atoms with Crippen LogP contribution in [0.1, 0.15) is 33.1 Å². The van der Waals surface area contributed by atoms with E-state index < -0.39 is 0 Å². The molecule has 0 saturated heterocycles. The van der Waals surface area contributed by atoms with Gasteiger partial charge in [0, 0.05) is 12.6 Å². The molecular weight excluding hydrogens is 194 g/mol. The summed E-state index contributed by atoms with van der Waals surface area (Å²) in [7, 11) is 0. The van der Waals surface area contributed by atoms with Crippen molar-refractivity contribution < 1.29 is 0 Å². The van der Waals surface area contributed by atoms with Crippen LogP contribution in [0.15, 0.2) is 48.1 Å². The minimum Gasteiger partial charge on any atom is -0.306 e. The first-order chi connectivity index (χ1) is 7.72. The summed E-state index contributed by atoms with van der Waals surface area (Å²) in [6, 6.07) is 0.472. The van der Waals surface area contributed by atoms with Gasteiger partial charge in [0.05, 0.1) is 0 Å². The van der Waals surface area contributed by atoms with Crippen LogP contribution in [0.5, 0.6) is 0 Å². The number of rotatable bonds is 6. The van der Waals surface area contributed by atoms with E-state index in [1.807, 2.05) is 0 Å². The van der Waals surface area contributed by atoms with Crippen LogP contribution in [0.3, 0.4) is 0 Å². The van der Waals surface area contributed by atoms with Gasteiger partial charge < -0.3 is 5.32 Å². The Kier molecular flexibility index (Phi) is 5.87. The Morgan fingerprint density at radius 2 is 2.44 bits per heavy atom. The van der Waals surface area contributed by atoms with Gasteiger partial charge in [-0.15, -0.1) is 0 Å². The van der Waals surface area contributed by atoms with Crippen LogP contribution < -0.4 is 5.32 Å². The molecule has 1 aliphatic carbocycles. The molecular formula is C15H23N. The molecule has 1 nitrogen and oxygen atoms in total. The third-order valence-corrected chi connectivity index (χ3v) is 2.69. The van der Waals surface area contributed by atoms with Crippen molar-refractivity contribution in [2.75, 3.05) is 6.54 Å². The Labute approximate surface area is 99.6 Å². The van der Waals surface area contributed by atoms with Gasteiger partial charge in [-0.1, -0.05) is 55.9 Å². The minimum atomic E-state index is 0.472. The lowest BCUT2D eigenvalue weighted by Crippen LogP contribution is -2.29. The number of unbranched alkanes of at least 4 members (excludes halogenated alkanes) is 1. The smallest absolute Gasteiger partial charge is 0.0291 e. The van der Waals surface area contributed by atoms with Gasteiger partial charge in [-0.2, -0.15) is 0 Å². The van der Waals surface area contributed by atoms with Crippen LogP contribution in [0.4, 0.5) is 0 Å². The summed E-state index contributed by atoms with van der Waals surface area (Å²) in [5.41, 5.74) is 2.52. The summed E-state index contributed by atoms with van der Waals surface area (Å²) in [5.74, 6) is 0. The third-order valence-electron chi connectivity index (χ3n) is 2.69. The first kappa shape index (κ1) is 13.0. The Balaban J connectivity index is 2.20. The second-order valence-corrected chi connectivity index (χ2v) is 4.38. The fourth-order valence-corrected chi connectivity index (χ4v) is 1.62. The molecule has 1 heteroatoms. The quantitative estimate of drug-likeness (QED) is 0.668. The first-order valence-corrected chi connectivity index (χ1v) is 6.15. The van der Waals surface area contributed by atoms with Crippen molar-refractivity contribution in [2.45, 2.75) is 39.2 Å². The van der Waals surface area contributed by atoms with Crippen LogP contribution >= 0.6 is 0 Å². The van der Waals surface area contributed by atoms with E-state index in [0.717, 1.165) is 25.0 Å². The van der Waals surface area contributed by atoms with Crippen LogP contribution in [0.2, 0.25) is 0 Å². The van der Waals surface area contributed by atoms with E-state index in [9.17, 15) is 0 Å². The van der Waals surface area contributed by atoms with Crippen molar-refractivity contribution in [3.8, 4) is 0 Å². The maximum absolute atomic E-state index is 4.04. The lowest BCUT2D eigenvalue weighted by molar-refractivity contribution is 0.628. The molecule has 0 bridgehead atoms. The van der Waals surface area contributed by atoms with Crippen molar-refractivity contribution in [1.82, 2.24) is 5.32 Å². The molecule has 0 spiro atoms. The molecule has 16 heavy (non-hydrogen) atoms. The molecule has 1 aliphatic rings. The summed E-state index contributed by atoms with van der Waals surface area (Å²) in [6.45, 7) is 9.24. The zero-order valence-electron chi connectivity index (χ0n) is 10.5. The molecule has 0 saturated carbocycles. The van der Waals surface area contributed by atoms with Gasteiger partial charge in [0.15, 0.2) is 0 Å². The van der Waals surface area contributed by atoms with Crippen LogP contribution in [0, 0.1) is 0 Å². The largest absolute Gasteiger partial charge is 0.306 e. The molecule has 88 valence electrons. The van der Waals surface area contributed by atoms with Crippen molar-refractivity contribution in [3.05, 3.63) is 48.1 Å². The Bertz CT molecular complexity index is 307. The topological polar surface area (TPSA) is 12.0 Å². The van der Waals surface area contributed by atoms with E-state index in [4.69, 9.17) is 0 Å². The molecule has 1 unspecified atom stereocenters. The lowest BCUT2D eigenvalue weighted by Gasteiger charge is -2.16. The maximum Gasteiger partial charge on any atom is 0.0291 e. The summed E-state index contributed by atoms with van der Waals surface area (Å²) < 4.78 is 0. The average Bonchev–Trinajstić information content (AvgIpc) is 2.29. The fraction of sp³-hybridized carbons (Fsp3) is 0.467. The molecule has 1 N–H and O–H groups in total. The van der Waals surface area contributed by atoms with Crippen molar-refractivity contribution in [1.29, 1.82) is 0 Å². The summed E-state index contributed by atoms with van der Waals surface area (Å²) >= 11 is 0. The van der Waals surface area contributed by atoms with Crippen LogP contribution in [-0.2, 0) is 0 Å². The fourth-order valence-electron chi connectivity index (χ4n) is 1.62. The average molecular weight is 217 g/mol. The van der Waals surface area contributed by atoms with Crippen molar-refractivity contribution >= 4 is 0 Å². The Hall–Kier alpha value is -1.08. The summed E-state index contributed by atoms with van der Waals surface area (Å²) in [4.78, 5) is 0. The maximum atomic E-state index is 4.04. The van der Waals surface area contributed by atoms with Gasteiger partial charge >= 0.3 is 0 Å². The van der Waals surface area contributed by atoms with Crippen LogP contribution in [-0.4, -0.2) is 12.6 Å². The lowest BCUT2D eigenvalue weighted by atomic mass is 10.0. The van der Waals surface area contributed by atoms with Crippen LogP contribution in [0.25, 0.3) is 0 Å². The molecule has 0 radical (unpaired) electrons.